The van der Waals surface area contributed by atoms with Crippen molar-refractivity contribution in [3.8, 4) is 0 Å². The summed E-state index contributed by atoms with van der Waals surface area (Å²) in [5.74, 6) is 0.548. The van der Waals surface area contributed by atoms with E-state index in [2.05, 4.69) is 29.5 Å². The first kappa shape index (κ1) is 12.6. The molecule has 0 aliphatic heterocycles. The van der Waals surface area contributed by atoms with Crippen molar-refractivity contribution in [3.63, 3.8) is 0 Å². The summed E-state index contributed by atoms with van der Waals surface area (Å²) in [5.41, 5.74) is 3.05. The molecule has 15 heavy (non-hydrogen) atoms. The lowest BCUT2D eigenvalue weighted by atomic mass is 9.96. The second-order valence-electron chi connectivity index (χ2n) is 3.71. The topological polar surface area (TPSA) is 34.2 Å². The molecule has 0 aliphatic rings. The van der Waals surface area contributed by atoms with Crippen molar-refractivity contribution in [1.29, 1.82) is 0 Å². The Labute approximate surface area is 95.9 Å². The van der Waals surface area contributed by atoms with Gasteiger partial charge in [0.25, 0.3) is 0 Å². The van der Waals surface area contributed by atoms with Crippen LogP contribution in [0.1, 0.15) is 32.0 Å². The number of thiazole rings is 1. The van der Waals surface area contributed by atoms with E-state index in [-0.39, 0.29) is 0 Å². The predicted octanol–water partition coefficient (Wildman–Crippen LogP) is 2.47. The van der Waals surface area contributed by atoms with Gasteiger partial charge in [0.1, 0.15) is 0 Å². The zero-order chi connectivity index (χ0) is 11.1. The van der Waals surface area contributed by atoms with Gasteiger partial charge in [-0.2, -0.15) is 0 Å². The monoisotopic (exact) mass is 228 g/mol. The normalized spacial score (nSPS) is 15.1. The lowest BCUT2D eigenvalue weighted by molar-refractivity contribution is 0.170. The van der Waals surface area contributed by atoms with Gasteiger partial charge in [-0.15, -0.1) is 11.3 Å². The average molecular weight is 228 g/mol. The molecule has 0 saturated carbocycles. The molecule has 0 aliphatic carbocycles. The highest BCUT2D eigenvalue weighted by molar-refractivity contribution is 7.07. The van der Waals surface area contributed by atoms with Gasteiger partial charge in [0.15, 0.2) is 0 Å². The average Bonchev–Trinajstić information content (AvgIpc) is 2.75. The van der Waals surface area contributed by atoms with Gasteiger partial charge >= 0.3 is 0 Å². The molecule has 0 aromatic carbocycles. The summed E-state index contributed by atoms with van der Waals surface area (Å²) < 4.78 is 5.11. The van der Waals surface area contributed by atoms with Crippen LogP contribution in [0.3, 0.4) is 0 Å². The van der Waals surface area contributed by atoms with Gasteiger partial charge in [0.2, 0.25) is 0 Å². The summed E-state index contributed by atoms with van der Waals surface area (Å²) in [6.45, 7) is 6.15. The molecule has 0 radical (unpaired) electrons. The van der Waals surface area contributed by atoms with E-state index in [1.807, 2.05) is 5.51 Å². The SMILES string of the molecule is CCNC(c1cscn1)C(C)CCOC. The van der Waals surface area contributed by atoms with E-state index in [0.717, 1.165) is 25.3 Å². The highest BCUT2D eigenvalue weighted by atomic mass is 32.1. The van der Waals surface area contributed by atoms with Gasteiger partial charge < -0.3 is 10.1 Å². The molecule has 1 aromatic heterocycles. The van der Waals surface area contributed by atoms with E-state index < -0.39 is 0 Å². The first-order valence-electron chi connectivity index (χ1n) is 5.40. The smallest absolute Gasteiger partial charge is 0.0795 e. The second kappa shape index (κ2) is 6.93. The van der Waals surface area contributed by atoms with Crippen molar-refractivity contribution in [2.24, 2.45) is 5.92 Å². The molecule has 4 heteroatoms. The van der Waals surface area contributed by atoms with Crippen LogP contribution in [0.2, 0.25) is 0 Å². The van der Waals surface area contributed by atoms with Crippen LogP contribution >= 0.6 is 11.3 Å². The van der Waals surface area contributed by atoms with Crippen molar-refractivity contribution in [2.75, 3.05) is 20.3 Å². The number of ether oxygens (including phenoxy) is 1. The van der Waals surface area contributed by atoms with Crippen molar-refractivity contribution >= 4 is 11.3 Å². The van der Waals surface area contributed by atoms with E-state index in [1.165, 1.54) is 0 Å². The minimum atomic E-state index is 0.358. The third-order valence-electron chi connectivity index (χ3n) is 2.54. The van der Waals surface area contributed by atoms with Crippen molar-refractivity contribution < 1.29 is 4.74 Å². The largest absolute Gasteiger partial charge is 0.385 e. The van der Waals surface area contributed by atoms with Crippen LogP contribution in [0.25, 0.3) is 0 Å². The van der Waals surface area contributed by atoms with Crippen LogP contribution in [-0.4, -0.2) is 25.2 Å². The second-order valence-corrected chi connectivity index (χ2v) is 4.43. The zero-order valence-electron chi connectivity index (χ0n) is 9.69. The molecule has 3 nitrogen and oxygen atoms in total. The lowest BCUT2D eigenvalue weighted by Gasteiger charge is -2.22. The Hall–Kier alpha value is -0.450. The number of aromatic nitrogens is 1. The lowest BCUT2D eigenvalue weighted by Crippen LogP contribution is -2.27. The predicted molar refractivity (Wildman–Crippen MR) is 64.2 cm³/mol. The molecule has 2 unspecified atom stereocenters. The molecule has 0 saturated heterocycles. The molecule has 1 N–H and O–H groups in total. The number of methoxy groups -OCH3 is 1. The maximum atomic E-state index is 5.11. The van der Waals surface area contributed by atoms with Crippen LogP contribution in [0, 0.1) is 5.92 Å². The Bertz CT molecular complexity index is 251. The van der Waals surface area contributed by atoms with Crippen LogP contribution < -0.4 is 5.32 Å². The van der Waals surface area contributed by atoms with Crippen LogP contribution in [0.5, 0.6) is 0 Å². The van der Waals surface area contributed by atoms with Crippen LogP contribution in [0.15, 0.2) is 10.9 Å². The first-order chi connectivity index (χ1) is 7.29. The van der Waals surface area contributed by atoms with E-state index >= 15 is 0 Å². The Morgan fingerprint density at radius 1 is 1.60 bits per heavy atom. The summed E-state index contributed by atoms with van der Waals surface area (Å²) in [5, 5.41) is 5.60. The number of nitrogens with one attached hydrogen (secondary N) is 1. The molecule has 2 atom stereocenters. The highest BCUT2D eigenvalue weighted by Gasteiger charge is 2.19. The summed E-state index contributed by atoms with van der Waals surface area (Å²) in [7, 11) is 1.75. The molecule has 0 amide bonds. The molecule has 1 aromatic rings. The summed E-state index contributed by atoms with van der Waals surface area (Å²) in [4.78, 5) is 4.38. The number of nitrogens with zero attached hydrogens (tertiary/aromatic N) is 1. The zero-order valence-corrected chi connectivity index (χ0v) is 10.5. The van der Waals surface area contributed by atoms with Crippen molar-refractivity contribution in [3.05, 3.63) is 16.6 Å². The molecule has 0 fully saturated rings. The summed E-state index contributed by atoms with van der Waals surface area (Å²) in [6.07, 6.45) is 1.06. The molecular formula is C11H20N2OS. The Morgan fingerprint density at radius 3 is 2.93 bits per heavy atom. The maximum absolute atomic E-state index is 5.11. The van der Waals surface area contributed by atoms with Gasteiger partial charge in [-0.3, -0.25) is 0 Å². The fourth-order valence-corrected chi connectivity index (χ4v) is 2.25. The summed E-state index contributed by atoms with van der Waals surface area (Å²) >= 11 is 1.65. The Balaban J connectivity index is 2.57. The van der Waals surface area contributed by atoms with E-state index in [0.29, 0.717) is 12.0 Å². The number of rotatable bonds is 7. The highest BCUT2D eigenvalue weighted by Crippen LogP contribution is 2.24. The standard InChI is InChI=1S/C11H20N2OS/c1-4-12-11(9(2)5-6-14-3)10-7-15-8-13-10/h7-9,11-12H,4-6H2,1-3H3. The Kier molecular flexibility index (Phi) is 5.83. The fourth-order valence-electron chi connectivity index (χ4n) is 1.66. The quantitative estimate of drug-likeness (QED) is 0.778. The van der Waals surface area contributed by atoms with E-state index in [9.17, 15) is 0 Å². The van der Waals surface area contributed by atoms with Crippen molar-refractivity contribution in [2.45, 2.75) is 26.3 Å². The maximum Gasteiger partial charge on any atom is 0.0795 e. The van der Waals surface area contributed by atoms with E-state index in [1.54, 1.807) is 18.4 Å². The van der Waals surface area contributed by atoms with Crippen LogP contribution in [-0.2, 0) is 4.74 Å². The fraction of sp³-hybridized carbons (Fsp3) is 0.727. The molecule has 1 heterocycles. The van der Waals surface area contributed by atoms with Gasteiger partial charge in [-0.05, 0) is 18.9 Å². The molecule has 0 bridgehead atoms. The Morgan fingerprint density at radius 2 is 2.40 bits per heavy atom. The third-order valence-corrected chi connectivity index (χ3v) is 3.15. The van der Waals surface area contributed by atoms with Gasteiger partial charge in [-0.25, -0.2) is 4.98 Å². The van der Waals surface area contributed by atoms with Crippen LogP contribution in [0.4, 0.5) is 0 Å². The first-order valence-corrected chi connectivity index (χ1v) is 6.34. The molecule has 86 valence electrons. The third kappa shape index (κ3) is 3.89. The molecule has 1 rings (SSSR count). The van der Waals surface area contributed by atoms with Gasteiger partial charge in [0.05, 0.1) is 17.2 Å². The van der Waals surface area contributed by atoms with Gasteiger partial charge in [-0.1, -0.05) is 13.8 Å². The molecular weight excluding hydrogens is 208 g/mol. The van der Waals surface area contributed by atoms with Crippen molar-refractivity contribution in [1.82, 2.24) is 10.3 Å². The number of hydrogen-bond donors (Lipinski definition) is 1. The minimum absolute atomic E-state index is 0.358. The van der Waals surface area contributed by atoms with Gasteiger partial charge in [0, 0.05) is 19.1 Å². The summed E-state index contributed by atoms with van der Waals surface area (Å²) in [6, 6.07) is 0.358. The number of hydrogen-bond acceptors (Lipinski definition) is 4. The van der Waals surface area contributed by atoms with E-state index in [4.69, 9.17) is 4.74 Å². The molecule has 0 spiro atoms. The minimum Gasteiger partial charge on any atom is -0.385 e.